The van der Waals surface area contributed by atoms with Crippen molar-refractivity contribution >= 4 is 11.4 Å². The summed E-state index contributed by atoms with van der Waals surface area (Å²) in [6, 6.07) is 5.07. The van der Waals surface area contributed by atoms with E-state index in [1.807, 2.05) is 0 Å². The molecule has 1 saturated carbocycles. The minimum atomic E-state index is -0.406. The van der Waals surface area contributed by atoms with Crippen molar-refractivity contribution in [3.05, 3.63) is 28.3 Å². The van der Waals surface area contributed by atoms with E-state index in [-0.39, 0.29) is 5.69 Å². The third-order valence-electron chi connectivity index (χ3n) is 4.14. The van der Waals surface area contributed by atoms with Crippen LogP contribution in [0.2, 0.25) is 0 Å². The molecule has 0 spiro atoms. The number of non-ortho nitro benzene ring substituents is 1. The smallest absolute Gasteiger partial charge is 0.273 e. The highest BCUT2D eigenvalue weighted by molar-refractivity contribution is 5.61. The number of nitrogens with zero attached hydrogens (tertiary/aromatic N) is 1. The van der Waals surface area contributed by atoms with Gasteiger partial charge in [-0.05, 0) is 31.7 Å². The summed E-state index contributed by atoms with van der Waals surface area (Å²) in [5.41, 5.74) is 0.883. The van der Waals surface area contributed by atoms with E-state index in [0.717, 1.165) is 5.69 Å². The van der Waals surface area contributed by atoms with Crippen molar-refractivity contribution in [2.24, 2.45) is 5.92 Å². The highest BCUT2D eigenvalue weighted by Crippen LogP contribution is 2.33. The number of nitro benzene ring substituents is 1. The minimum absolute atomic E-state index is 0.0534. The Morgan fingerprint density at radius 1 is 1.35 bits per heavy atom. The van der Waals surface area contributed by atoms with E-state index in [1.54, 1.807) is 6.07 Å². The van der Waals surface area contributed by atoms with Crippen LogP contribution in [0.5, 0.6) is 5.75 Å². The van der Waals surface area contributed by atoms with Gasteiger partial charge in [0.05, 0.1) is 23.8 Å². The van der Waals surface area contributed by atoms with E-state index in [0.29, 0.717) is 17.7 Å². The second-order valence-corrected chi connectivity index (χ2v) is 5.47. The first-order valence-corrected chi connectivity index (χ1v) is 7.21. The molecule has 0 heterocycles. The Hall–Kier alpha value is -1.78. The zero-order valence-corrected chi connectivity index (χ0v) is 12.1. The lowest BCUT2D eigenvalue weighted by atomic mass is 9.84. The molecule has 110 valence electrons. The maximum atomic E-state index is 10.8. The molecule has 0 saturated heterocycles. The fourth-order valence-electron chi connectivity index (χ4n) is 2.91. The van der Waals surface area contributed by atoms with Crippen molar-refractivity contribution in [2.75, 3.05) is 12.4 Å². The molecule has 1 aliphatic rings. The number of nitrogens with one attached hydrogen (secondary N) is 1. The largest absolute Gasteiger partial charge is 0.494 e. The molecule has 1 unspecified atom stereocenters. The Balaban J connectivity index is 2.09. The molecule has 1 N–H and O–H groups in total. The highest BCUT2D eigenvalue weighted by atomic mass is 16.6. The van der Waals surface area contributed by atoms with E-state index < -0.39 is 4.92 Å². The van der Waals surface area contributed by atoms with Gasteiger partial charge in [-0.3, -0.25) is 10.1 Å². The number of nitro groups is 1. The van der Waals surface area contributed by atoms with Crippen molar-refractivity contribution in [2.45, 2.75) is 45.1 Å². The molecule has 1 aromatic carbocycles. The SMILES string of the molecule is COc1cc([N+](=O)[O-])ccc1NC(C)C1CCCCC1. The zero-order valence-electron chi connectivity index (χ0n) is 12.1. The van der Waals surface area contributed by atoms with Gasteiger partial charge in [-0.15, -0.1) is 0 Å². The van der Waals surface area contributed by atoms with E-state index in [4.69, 9.17) is 4.74 Å². The van der Waals surface area contributed by atoms with Gasteiger partial charge in [-0.25, -0.2) is 0 Å². The van der Waals surface area contributed by atoms with Gasteiger partial charge in [0.1, 0.15) is 5.75 Å². The summed E-state index contributed by atoms with van der Waals surface area (Å²) < 4.78 is 5.26. The van der Waals surface area contributed by atoms with Gasteiger partial charge in [0.2, 0.25) is 0 Å². The van der Waals surface area contributed by atoms with Crippen molar-refractivity contribution < 1.29 is 9.66 Å². The highest BCUT2D eigenvalue weighted by Gasteiger charge is 2.21. The number of hydrogen-bond donors (Lipinski definition) is 1. The van der Waals surface area contributed by atoms with Gasteiger partial charge in [-0.1, -0.05) is 19.3 Å². The first kappa shape index (κ1) is 14.6. The molecular weight excluding hydrogens is 256 g/mol. The quantitative estimate of drug-likeness (QED) is 0.653. The fraction of sp³-hybridized carbons (Fsp3) is 0.600. The molecule has 5 nitrogen and oxygen atoms in total. The predicted molar refractivity (Wildman–Crippen MR) is 79.3 cm³/mol. The Morgan fingerprint density at radius 3 is 2.65 bits per heavy atom. The third kappa shape index (κ3) is 3.40. The second kappa shape index (κ2) is 6.59. The maximum absolute atomic E-state index is 10.8. The maximum Gasteiger partial charge on any atom is 0.273 e. The number of anilines is 1. The van der Waals surface area contributed by atoms with Crippen LogP contribution >= 0.6 is 0 Å². The second-order valence-electron chi connectivity index (χ2n) is 5.47. The number of rotatable bonds is 5. The van der Waals surface area contributed by atoms with Crippen LogP contribution < -0.4 is 10.1 Å². The van der Waals surface area contributed by atoms with Gasteiger partial charge in [-0.2, -0.15) is 0 Å². The average Bonchev–Trinajstić information content (AvgIpc) is 2.48. The van der Waals surface area contributed by atoms with Gasteiger partial charge in [0.15, 0.2) is 0 Å². The van der Waals surface area contributed by atoms with E-state index in [2.05, 4.69) is 12.2 Å². The third-order valence-corrected chi connectivity index (χ3v) is 4.14. The monoisotopic (exact) mass is 278 g/mol. The molecule has 0 aliphatic heterocycles. The Morgan fingerprint density at radius 2 is 2.05 bits per heavy atom. The molecule has 0 radical (unpaired) electrons. The number of ether oxygens (including phenoxy) is 1. The molecule has 5 heteroatoms. The Bertz CT molecular complexity index is 470. The summed E-state index contributed by atoms with van der Waals surface area (Å²) in [6.45, 7) is 2.18. The van der Waals surface area contributed by atoms with Crippen molar-refractivity contribution in [1.29, 1.82) is 0 Å². The molecule has 20 heavy (non-hydrogen) atoms. The minimum Gasteiger partial charge on any atom is -0.494 e. The molecule has 1 aliphatic carbocycles. The van der Waals surface area contributed by atoms with Crippen LogP contribution in [0.1, 0.15) is 39.0 Å². The van der Waals surface area contributed by atoms with E-state index in [1.165, 1.54) is 51.3 Å². The summed E-state index contributed by atoms with van der Waals surface area (Å²) in [7, 11) is 1.54. The lowest BCUT2D eigenvalue weighted by Crippen LogP contribution is -2.27. The molecule has 1 atom stereocenters. The van der Waals surface area contributed by atoms with E-state index in [9.17, 15) is 10.1 Å². The van der Waals surface area contributed by atoms with Crippen LogP contribution in [0.15, 0.2) is 18.2 Å². The van der Waals surface area contributed by atoms with Gasteiger partial charge in [0.25, 0.3) is 5.69 Å². The summed E-state index contributed by atoms with van der Waals surface area (Å²) in [4.78, 5) is 10.4. The Labute approximate surface area is 119 Å². The van der Waals surface area contributed by atoms with Gasteiger partial charge < -0.3 is 10.1 Å². The molecule has 0 aromatic heterocycles. The lowest BCUT2D eigenvalue weighted by Gasteiger charge is -2.29. The standard InChI is InChI=1S/C15H22N2O3/c1-11(12-6-4-3-5-7-12)16-14-9-8-13(17(18)19)10-15(14)20-2/h8-12,16H,3-7H2,1-2H3. The van der Waals surface area contributed by atoms with E-state index >= 15 is 0 Å². The molecule has 1 aromatic rings. The Kier molecular flexibility index (Phi) is 4.82. The van der Waals surface area contributed by atoms with Gasteiger partial charge >= 0.3 is 0 Å². The van der Waals surface area contributed by atoms with Crippen LogP contribution in [-0.4, -0.2) is 18.1 Å². The molecule has 0 amide bonds. The van der Waals surface area contributed by atoms with Crippen LogP contribution in [0.25, 0.3) is 0 Å². The predicted octanol–water partition coefficient (Wildman–Crippen LogP) is 3.98. The average molecular weight is 278 g/mol. The first-order chi connectivity index (χ1) is 9.61. The molecule has 2 rings (SSSR count). The fourth-order valence-corrected chi connectivity index (χ4v) is 2.91. The van der Waals surface area contributed by atoms with Crippen molar-refractivity contribution in [3.8, 4) is 5.75 Å². The topological polar surface area (TPSA) is 64.4 Å². The van der Waals surface area contributed by atoms with Crippen LogP contribution in [0, 0.1) is 16.0 Å². The van der Waals surface area contributed by atoms with Gasteiger partial charge in [0, 0.05) is 12.1 Å². The molecular formula is C15H22N2O3. The lowest BCUT2D eigenvalue weighted by molar-refractivity contribution is -0.384. The van der Waals surface area contributed by atoms with Crippen LogP contribution in [0.3, 0.4) is 0 Å². The number of benzene rings is 1. The van der Waals surface area contributed by atoms with Crippen molar-refractivity contribution in [3.63, 3.8) is 0 Å². The summed E-state index contributed by atoms with van der Waals surface area (Å²) in [6.07, 6.45) is 6.44. The normalized spacial score (nSPS) is 17.5. The first-order valence-electron chi connectivity index (χ1n) is 7.21. The zero-order chi connectivity index (χ0) is 14.5. The summed E-state index contributed by atoms with van der Waals surface area (Å²) in [5, 5.41) is 14.2. The number of methoxy groups -OCH3 is 1. The van der Waals surface area contributed by atoms with Crippen LogP contribution in [0.4, 0.5) is 11.4 Å². The number of hydrogen-bond acceptors (Lipinski definition) is 4. The summed E-state index contributed by atoms with van der Waals surface area (Å²) >= 11 is 0. The molecule has 0 bridgehead atoms. The van der Waals surface area contributed by atoms with Crippen molar-refractivity contribution in [1.82, 2.24) is 0 Å². The van der Waals surface area contributed by atoms with Crippen LogP contribution in [-0.2, 0) is 0 Å². The summed E-state index contributed by atoms with van der Waals surface area (Å²) in [5.74, 6) is 1.20. The molecule has 1 fully saturated rings.